The van der Waals surface area contributed by atoms with Gasteiger partial charge in [0.2, 0.25) is 0 Å². The predicted molar refractivity (Wildman–Crippen MR) is 80.8 cm³/mol. The van der Waals surface area contributed by atoms with E-state index in [2.05, 4.69) is 46.8 Å². The summed E-state index contributed by atoms with van der Waals surface area (Å²) in [6.45, 7) is 8.16. The first-order valence-corrected chi connectivity index (χ1v) is 7.45. The Bertz CT molecular complexity index is 591. The maximum atomic E-state index is 5.75. The minimum Gasteiger partial charge on any atom is -0.375 e. The van der Waals surface area contributed by atoms with E-state index < -0.39 is 0 Å². The smallest absolute Gasteiger partial charge is 0.0904 e. The third kappa shape index (κ3) is 3.49. The van der Waals surface area contributed by atoms with Crippen LogP contribution in [0.3, 0.4) is 0 Å². The summed E-state index contributed by atoms with van der Waals surface area (Å²) in [7, 11) is 0. The van der Waals surface area contributed by atoms with Gasteiger partial charge in [-0.25, -0.2) is 4.68 Å². The fraction of sp³-hybridized carbons (Fsp3) is 0.500. The van der Waals surface area contributed by atoms with Crippen LogP contribution in [-0.2, 0) is 24.4 Å². The zero-order chi connectivity index (χ0) is 14.7. The fourth-order valence-electron chi connectivity index (χ4n) is 2.61. The van der Waals surface area contributed by atoms with Crippen molar-refractivity contribution in [1.29, 1.82) is 0 Å². The van der Waals surface area contributed by atoms with Gasteiger partial charge in [-0.1, -0.05) is 35.0 Å². The second-order valence-electron chi connectivity index (χ2n) is 5.80. The summed E-state index contributed by atoms with van der Waals surface area (Å²) in [6.07, 6.45) is 0. The van der Waals surface area contributed by atoms with Crippen molar-refractivity contribution in [2.75, 3.05) is 13.2 Å². The molecule has 0 aliphatic carbocycles. The largest absolute Gasteiger partial charge is 0.375 e. The zero-order valence-corrected chi connectivity index (χ0v) is 12.7. The second-order valence-corrected chi connectivity index (χ2v) is 5.80. The number of aryl methyl sites for hydroxylation is 2. The molecule has 21 heavy (non-hydrogen) atoms. The number of nitrogens with zero attached hydrogens (tertiary/aromatic N) is 3. The quantitative estimate of drug-likeness (QED) is 0.931. The van der Waals surface area contributed by atoms with Gasteiger partial charge < -0.3 is 10.1 Å². The fourth-order valence-corrected chi connectivity index (χ4v) is 2.61. The summed E-state index contributed by atoms with van der Waals surface area (Å²) in [5, 5.41) is 11.8. The van der Waals surface area contributed by atoms with Gasteiger partial charge in [-0.2, -0.15) is 0 Å². The van der Waals surface area contributed by atoms with Crippen molar-refractivity contribution >= 4 is 0 Å². The molecule has 1 aliphatic heterocycles. The molecule has 0 amide bonds. The Morgan fingerprint density at radius 1 is 1.29 bits per heavy atom. The van der Waals surface area contributed by atoms with Gasteiger partial charge in [0.15, 0.2) is 0 Å². The van der Waals surface area contributed by atoms with Crippen molar-refractivity contribution in [2.24, 2.45) is 5.92 Å². The molecule has 0 saturated heterocycles. The Balaban J connectivity index is 1.52. The van der Waals surface area contributed by atoms with Gasteiger partial charge in [0.25, 0.3) is 0 Å². The summed E-state index contributed by atoms with van der Waals surface area (Å²) < 4.78 is 7.74. The van der Waals surface area contributed by atoms with Gasteiger partial charge in [-0.15, -0.1) is 5.10 Å². The van der Waals surface area contributed by atoms with Gasteiger partial charge in [-0.3, -0.25) is 0 Å². The molecule has 1 atom stereocenters. The number of benzene rings is 1. The highest BCUT2D eigenvalue weighted by Gasteiger charge is 2.19. The van der Waals surface area contributed by atoms with Crippen molar-refractivity contribution in [3.63, 3.8) is 0 Å². The predicted octanol–water partition coefficient (Wildman–Crippen LogP) is 1.83. The summed E-state index contributed by atoms with van der Waals surface area (Å²) in [5.41, 5.74) is 4.69. The highest BCUT2D eigenvalue weighted by Crippen LogP contribution is 2.14. The van der Waals surface area contributed by atoms with E-state index in [1.165, 1.54) is 11.1 Å². The summed E-state index contributed by atoms with van der Waals surface area (Å²) in [6, 6.07) is 8.64. The van der Waals surface area contributed by atoms with Gasteiger partial charge >= 0.3 is 0 Å². The summed E-state index contributed by atoms with van der Waals surface area (Å²) in [5.74, 6) is 0.429. The average molecular weight is 286 g/mol. The molecule has 0 saturated carbocycles. The molecular weight excluding hydrogens is 264 g/mol. The number of ether oxygens (including phenoxy) is 1. The molecule has 1 unspecified atom stereocenters. The van der Waals surface area contributed by atoms with E-state index in [0.717, 1.165) is 37.6 Å². The Morgan fingerprint density at radius 3 is 2.90 bits per heavy atom. The monoisotopic (exact) mass is 286 g/mol. The van der Waals surface area contributed by atoms with Crippen LogP contribution in [0, 0.1) is 19.8 Å². The SMILES string of the molecule is Cc1ccc(CNCC2COCc3c(C)nnn3C2)cc1. The minimum absolute atomic E-state index is 0.429. The Morgan fingerprint density at radius 2 is 2.10 bits per heavy atom. The lowest BCUT2D eigenvalue weighted by atomic mass is 10.1. The standard InChI is InChI=1S/C16H22N4O/c1-12-3-5-14(6-4-12)7-17-8-15-9-20-16(11-21-10-15)13(2)18-19-20/h3-6,15,17H,7-11H2,1-2H3. The molecule has 5 heteroatoms. The molecule has 112 valence electrons. The average Bonchev–Trinajstić information content (AvgIpc) is 2.71. The van der Waals surface area contributed by atoms with Gasteiger partial charge in [0, 0.05) is 25.6 Å². The maximum absolute atomic E-state index is 5.75. The number of aromatic nitrogens is 3. The maximum Gasteiger partial charge on any atom is 0.0904 e. The lowest BCUT2D eigenvalue weighted by molar-refractivity contribution is 0.0936. The third-order valence-corrected chi connectivity index (χ3v) is 3.94. The molecule has 0 spiro atoms. The molecule has 1 aliphatic rings. The first-order chi connectivity index (χ1) is 10.2. The number of hydrogen-bond donors (Lipinski definition) is 1. The minimum atomic E-state index is 0.429. The number of hydrogen-bond acceptors (Lipinski definition) is 4. The summed E-state index contributed by atoms with van der Waals surface area (Å²) in [4.78, 5) is 0. The van der Waals surface area contributed by atoms with Crippen molar-refractivity contribution in [2.45, 2.75) is 33.5 Å². The lowest BCUT2D eigenvalue weighted by Gasteiger charge is -2.15. The Hall–Kier alpha value is -1.72. The van der Waals surface area contributed by atoms with Crippen LogP contribution in [-0.4, -0.2) is 28.1 Å². The van der Waals surface area contributed by atoms with Gasteiger partial charge in [0.05, 0.1) is 24.6 Å². The van der Waals surface area contributed by atoms with E-state index in [1.807, 2.05) is 11.6 Å². The number of fused-ring (bicyclic) bond motifs is 1. The van der Waals surface area contributed by atoms with E-state index in [-0.39, 0.29) is 0 Å². The number of rotatable bonds is 4. The molecular formula is C16H22N4O. The topological polar surface area (TPSA) is 52.0 Å². The first kappa shape index (κ1) is 14.2. The first-order valence-electron chi connectivity index (χ1n) is 7.45. The van der Waals surface area contributed by atoms with E-state index in [9.17, 15) is 0 Å². The molecule has 2 aromatic rings. The van der Waals surface area contributed by atoms with Crippen molar-refractivity contribution < 1.29 is 4.74 Å². The Labute approximate surface area is 125 Å². The van der Waals surface area contributed by atoms with Crippen molar-refractivity contribution in [3.8, 4) is 0 Å². The molecule has 1 aromatic heterocycles. The third-order valence-electron chi connectivity index (χ3n) is 3.94. The van der Waals surface area contributed by atoms with E-state index in [4.69, 9.17) is 4.74 Å². The molecule has 3 rings (SSSR count). The molecule has 0 bridgehead atoms. The van der Waals surface area contributed by atoms with Crippen molar-refractivity contribution in [3.05, 3.63) is 46.8 Å². The zero-order valence-electron chi connectivity index (χ0n) is 12.7. The van der Waals surface area contributed by atoms with Crippen LogP contribution in [0.1, 0.15) is 22.5 Å². The van der Waals surface area contributed by atoms with Crippen LogP contribution >= 0.6 is 0 Å². The van der Waals surface area contributed by atoms with E-state index in [0.29, 0.717) is 12.5 Å². The summed E-state index contributed by atoms with van der Waals surface area (Å²) >= 11 is 0. The van der Waals surface area contributed by atoms with Crippen LogP contribution in [0.4, 0.5) is 0 Å². The molecule has 5 nitrogen and oxygen atoms in total. The molecule has 1 N–H and O–H groups in total. The van der Waals surface area contributed by atoms with E-state index in [1.54, 1.807) is 0 Å². The Kier molecular flexibility index (Phi) is 4.31. The highest BCUT2D eigenvalue weighted by atomic mass is 16.5. The van der Waals surface area contributed by atoms with Gasteiger partial charge in [0.1, 0.15) is 0 Å². The second kappa shape index (κ2) is 6.37. The van der Waals surface area contributed by atoms with E-state index >= 15 is 0 Å². The van der Waals surface area contributed by atoms with Crippen LogP contribution in [0.25, 0.3) is 0 Å². The number of nitrogens with one attached hydrogen (secondary N) is 1. The molecule has 0 radical (unpaired) electrons. The lowest BCUT2D eigenvalue weighted by Crippen LogP contribution is -2.28. The van der Waals surface area contributed by atoms with Crippen molar-refractivity contribution in [1.82, 2.24) is 20.3 Å². The molecule has 0 fully saturated rings. The van der Waals surface area contributed by atoms with Crippen LogP contribution < -0.4 is 5.32 Å². The normalized spacial score (nSPS) is 18.3. The molecule has 2 heterocycles. The highest BCUT2D eigenvalue weighted by molar-refractivity contribution is 5.21. The molecule has 1 aromatic carbocycles. The van der Waals surface area contributed by atoms with Crippen LogP contribution in [0.5, 0.6) is 0 Å². The van der Waals surface area contributed by atoms with Crippen LogP contribution in [0.2, 0.25) is 0 Å². The van der Waals surface area contributed by atoms with Gasteiger partial charge in [-0.05, 0) is 19.4 Å². The van der Waals surface area contributed by atoms with Crippen LogP contribution in [0.15, 0.2) is 24.3 Å².